The number of nitrogens with one attached hydrogen (secondary N) is 1. The summed E-state index contributed by atoms with van der Waals surface area (Å²) in [5.41, 5.74) is 3.95. The molecule has 0 aromatic heterocycles. The van der Waals surface area contributed by atoms with Crippen LogP contribution in [0.5, 0.6) is 5.75 Å². The number of aryl methyl sites for hydroxylation is 1. The molecular weight excluding hydrogens is 366 g/mol. The van der Waals surface area contributed by atoms with Gasteiger partial charge >= 0.3 is 10.3 Å². The van der Waals surface area contributed by atoms with Gasteiger partial charge in [0.2, 0.25) is 0 Å². The Hall–Kier alpha value is -1.57. The van der Waals surface area contributed by atoms with Crippen LogP contribution in [0, 0.1) is 11.3 Å². The molecular formula is C20H27NO5S. The van der Waals surface area contributed by atoms with E-state index in [1.165, 1.54) is 18.2 Å². The van der Waals surface area contributed by atoms with E-state index in [-0.39, 0.29) is 17.2 Å². The van der Waals surface area contributed by atoms with Crippen LogP contribution in [0.15, 0.2) is 23.8 Å². The summed E-state index contributed by atoms with van der Waals surface area (Å²) in [5.74, 6) is 1.20. The molecule has 1 aromatic carbocycles. The summed E-state index contributed by atoms with van der Waals surface area (Å²) < 4.78 is 39.2. The predicted octanol–water partition coefficient (Wildman–Crippen LogP) is 3.44. The van der Waals surface area contributed by atoms with Crippen molar-refractivity contribution in [3.05, 3.63) is 34.9 Å². The van der Waals surface area contributed by atoms with Crippen LogP contribution in [0.4, 0.5) is 5.69 Å². The molecule has 1 aromatic rings. The molecule has 0 heterocycles. The molecule has 0 aliphatic heterocycles. The Morgan fingerprint density at radius 1 is 1.30 bits per heavy atom. The van der Waals surface area contributed by atoms with Crippen LogP contribution >= 0.6 is 0 Å². The van der Waals surface area contributed by atoms with E-state index in [0.29, 0.717) is 17.6 Å². The van der Waals surface area contributed by atoms with Crippen LogP contribution in [-0.4, -0.2) is 31.3 Å². The second-order valence-electron chi connectivity index (χ2n) is 8.04. The molecule has 0 saturated heterocycles. The molecule has 3 aliphatic rings. The molecule has 6 nitrogen and oxygen atoms in total. The lowest BCUT2D eigenvalue weighted by Crippen LogP contribution is -2.41. The minimum absolute atomic E-state index is 0.0603. The Kier molecular flexibility index (Phi) is 4.52. The van der Waals surface area contributed by atoms with E-state index in [4.69, 9.17) is 9.29 Å². The topological polar surface area (TPSA) is 95.9 Å². The first kappa shape index (κ1) is 18.8. The van der Waals surface area contributed by atoms with Gasteiger partial charge in [0.05, 0.1) is 18.9 Å². The van der Waals surface area contributed by atoms with Gasteiger partial charge in [-0.3, -0.25) is 9.27 Å². The molecule has 3 N–H and O–H groups in total. The molecule has 148 valence electrons. The molecule has 0 unspecified atom stereocenters. The molecule has 3 aliphatic carbocycles. The highest BCUT2D eigenvalue weighted by Gasteiger charge is 2.51. The standard InChI is InChI=1S/C20H27NO5S/c1-3-20-9-8-13-14(16(20)6-7-19(20)22)5-4-12-10-17(21-27(23,24)25)18(26-2)11-15(12)13/h6,10-11,13-14,19,21-22H,3-5,7-9H2,1-2H3,(H,23,24,25)/t13-,14+,19+,20-/m0/s1. The lowest BCUT2D eigenvalue weighted by atomic mass is 9.56. The number of ether oxygens (including phenoxy) is 1. The second kappa shape index (κ2) is 6.50. The van der Waals surface area contributed by atoms with Crippen molar-refractivity contribution in [1.29, 1.82) is 0 Å². The zero-order valence-corrected chi connectivity index (χ0v) is 16.6. The van der Waals surface area contributed by atoms with Crippen LogP contribution in [0.1, 0.15) is 56.1 Å². The van der Waals surface area contributed by atoms with Crippen molar-refractivity contribution < 1.29 is 22.8 Å². The number of aliphatic hydroxyl groups is 1. The average Bonchev–Trinajstić information content (AvgIpc) is 2.96. The molecule has 27 heavy (non-hydrogen) atoms. The van der Waals surface area contributed by atoms with E-state index in [1.807, 2.05) is 6.07 Å². The molecule has 0 amide bonds. The molecule has 0 bridgehead atoms. The Balaban J connectivity index is 1.73. The van der Waals surface area contributed by atoms with Crippen molar-refractivity contribution in [1.82, 2.24) is 0 Å². The SMILES string of the molecule is CC[C@]12CC[C@@H]3c4cc(OC)c(NS(=O)(=O)O)cc4CC[C@H]3C1=CC[C@H]2O. The molecule has 1 fully saturated rings. The third kappa shape index (κ3) is 2.96. The largest absolute Gasteiger partial charge is 0.495 e. The van der Waals surface area contributed by atoms with Gasteiger partial charge in [0, 0.05) is 5.41 Å². The molecule has 1 saturated carbocycles. The summed E-state index contributed by atoms with van der Waals surface area (Å²) in [6, 6.07) is 3.71. The van der Waals surface area contributed by atoms with Gasteiger partial charge in [0.25, 0.3) is 0 Å². The first-order valence-corrected chi connectivity index (χ1v) is 11.1. The maximum absolute atomic E-state index is 11.2. The number of rotatable bonds is 4. The van der Waals surface area contributed by atoms with Crippen molar-refractivity contribution in [3.63, 3.8) is 0 Å². The summed E-state index contributed by atoms with van der Waals surface area (Å²) in [5, 5.41) is 10.6. The number of fused-ring (bicyclic) bond motifs is 5. The Morgan fingerprint density at radius 2 is 2.07 bits per heavy atom. The fourth-order valence-corrected chi connectivity index (χ4v) is 6.21. The van der Waals surface area contributed by atoms with E-state index in [9.17, 15) is 13.5 Å². The van der Waals surface area contributed by atoms with Gasteiger partial charge < -0.3 is 9.84 Å². The van der Waals surface area contributed by atoms with Crippen molar-refractivity contribution in [2.24, 2.45) is 11.3 Å². The first-order valence-electron chi connectivity index (χ1n) is 9.63. The van der Waals surface area contributed by atoms with E-state index < -0.39 is 10.3 Å². The third-order valence-corrected chi connectivity index (χ3v) is 7.49. The lowest BCUT2D eigenvalue weighted by Gasteiger charge is -2.49. The fourth-order valence-electron chi connectivity index (χ4n) is 5.77. The van der Waals surface area contributed by atoms with Crippen LogP contribution in [0.2, 0.25) is 0 Å². The molecule has 0 spiro atoms. The Bertz CT molecular complexity index is 894. The number of anilines is 1. The Labute approximate surface area is 160 Å². The van der Waals surface area contributed by atoms with E-state index in [2.05, 4.69) is 17.7 Å². The van der Waals surface area contributed by atoms with E-state index >= 15 is 0 Å². The van der Waals surface area contributed by atoms with Gasteiger partial charge in [-0.05, 0) is 73.6 Å². The maximum Gasteiger partial charge on any atom is 0.357 e. The third-order valence-electron chi connectivity index (χ3n) is 7.02. The summed E-state index contributed by atoms with van der Waals surface area (Å²) in [7, 11) is -2.86. The second-order valence-corrected chi connectivity index (χ2v) is 9.19. The van der Waals surface area contributed by atoms with Crippen molar-refractivity contribution in [3.8, 4) is 5.75 Å². The van der Waals surface area contributed by atoms with Crippen LogP contribution in [-0.2, 0) is 16.7 Å². The van der Waals surface area contributed by atoms with Gasteiger partial charge in [-0.25, -0.2) is 0 Å². The molecule has 4 rings (SSSR count). The number of hydrogen-bond donors (Lipinski definition) is 3. The molecule has 0 radical (unpaired) electrons. The monoisotopic (exact) mass is 393 g/mol. The normalized spacial score (nSPS) is 32.1. The van der Waals surface area contributed by atoms with Gasteiger partial charge in [0.1, 0.15) is 5.75 Å². The highest BCUT2D eigenvalue weighted by molar-refractivity contribution is 7.87. The number of aliphatic hydroxyl groups excluding tert-OH is 1. The van der Waals surface area contributed by atoms with Gasteiger partial charge in [-0.1, -0.05) is 18.6 Å². The van der Waals surface area contributed by atoms with Gasteiger partial charge in [-0.15, -0.1) is 0 Å². The van der Waals surface area contributed by atoms with Crippen LogP contribution in [0.3, 0.4) is 0 Å². The number of methoxy groups -OCH3 is 1. The maximum atomic E-state index is 11.2. The first-order chi connectivity index (χ1) is 12.8. The summed E-state index contributed by atoms with van der Waals surface area (Å²) >= 11 is 0. The zero-order chi connectivity index (χ0) is 19.4. The fraction of sp³-hybridized carbons (Fsp3) is 0.600. The van der Waals surface area contributed by atoms with Crippen molar-refractivity contribution in [2.45, 2.75) is 57.5 Å². The smallest absolute Gasteiger partial charge is 0.357 e. The van der Waals surface area contributed by atoms with E-state index in [1.54, 1.807) is 6.07 Å². The molecule has 7 heteroatoms. The van der Waals surface area contributed by atoms with Crippen LogP contribution < -0.4 is 9.46 Å². The van der Waals surface area contributed by atoms with E-state index in [0.717, 1.165) is 44.1 Å². The summed E-state index contributed by atoms with van der Waals surface area (Å²) in [6.45, 7) is 2.18. The number of hydrogen-bond acceptors (Lipinski definition) is 4. The van der Waals surface area contributed by atoms with Gasteiger partial charge in [0.15, 0.2) is 0 Å². The Morgan fingerprint density at radius 3 is 2.74 bits per heavy atom. The predicted molar refractivity (Wildman–Crippen MR) is 103 cm³/mol. The van der Waals surface area contributed by atoms with Gasteiger partial charge in [-0.2, -0.15) is 8.42 Å². The van der Waals surface area contributed by atoms with Crippen LogP contribution in [0.25, 0.3) is 0 Å². The highest BCUT2D eigenvalue weighted by Crippen LogP contribution is 2.60. The number of benzene rings is 1. The van der Waals surface area contributed by atoms with Crippen molar-refractivity contribution >= 4 is 16.0 Å². The molecule has 4 atom stereocenters. The lowest BCUT2D eigenvalue weighted by molar-refractivity contribution is 0.0311. The summed E-state index contributed by atoms with van der Waals surface area (Å²) in [4.78, 5) is 0. The quantitative estimate of drug-likeness (QED) is 0.538. The average molecular weight is 394 g/mol. The highest BCUT2D eigenvalue weighted by atomic mass is 32.2. The minimum atomic E-state index is -4.36. The minimum Gasteiger partial charge on any atom is -0.495 e. The summed E-state index contributed by atoms with van der Waals surface area (Å²) in [6.07, 6.45) is 7.54. The zero-order valence-electron chi connectivity index (χ0n) is 15.7. The van der Waals surface area contributed by atoms with Crippen molar-refractivity contribution in [2.75, 3.05) is 11.8 Å².